The quantitative estimate of drug-likeness (QED) is 0.890. The van der Waals surface area contributed by atoms with Crippen LogP contribution in [-0.2, 0) is 11.2 Å². The zero-order valence-electron chi connectivity index (χ0n) is 8.91. The molecule has 2 aromatic rings. The van der Waals surface area contributed by atoms with Crippen LogP contribution >= 0.6 is 0 Å². The zero-order valence-corrected chi connectivity index (χ0v) is 8.91. The number of hydrogen-bond acceptors (Lipinski definition) is 2. The molecule has 0 saturated carbocycles. The Morgan fingerprint density at radius 2 is 2.11 bits per heavy atom. The summed E-state index contributed by atoms with van der Waals surface area (Å²) in [5, 5.41) is 9.23. The van der Waals surface area contributed by atoms with Gasteiger partial charge in [-0.05, 0) is 17.7 Å². The Bertz CT molecular complexity index is 589. The van der Waals surface area contributed by atoms with E-state index in [-0.39, 0.29) is 12.2 Å². The molecule has 2 N–H and O–H groups in total. The van der Waals surface area contributed by atoms with Gasteiger partial charge in [0.25, 0.3) is 0 Å². The number of aliphatic carboxylic acids is 1. The third-order valence-corrected chi connectivity index (χ3v) is 2.31. The fraction of sp³-hybridized carbons (Fsp3) is 0.182. The average molecular weight is 259 g/mol. The molecule has 18 heavy (non-hydrogen) atoms. The van der Waals surface area contributed by atoms with E-state index in [0.717, 1.165) is 6.07 Å². The van der Waals surface area contributed by atoms with Gasteiger partial charge in [-0.25, -0.2) is 0 Å². The standard InChI is InChI=1S/C11H8F3NO3/c12-11(13,14)18-7-1-2-8-6(3-10(16)17)5-15-9(8)4-7/h1-2,4-5,15H,3H2,(H,16,17). The number of carbonyl (C=O) groups is 1. The van der Waals surface area contributed by atoms with E-state index in [4.69, 9.17) is 5.11 Å². The molecule has 0 bridgehead atoms. The molecule has 0 radical (unpaired) electrons. The zero-order chi connectivity index (χ0) is 13.3. The molecule has 1 heterocycles. The molecule has 0 aliphatic rings. The van der Waals surface area contributed by atoms with Crippen LogP contribution in [0.4, 0.5) is 13.2 Å². The minimum atomic E-state index is -4.75. The van der Waals surface area contributed by atoms with Crippen molar-refractivity contribution in [1.29, 1.82) is 0 Å². The number of halogens is 3. The fourth-order valence-electron chi connectivity index (χ4n) is 1.67. The largest absolute Gasteiger partial charge is 0.573 e. The van der Waals surface area contributed by atoms with Crippen LogP contribution in [0.1, 0.15) is 5.56 Å². The summed E-state index contributed by atoms with van der Waals surface area (Å²) >= 11 is 0. The molecule has 2 rings (SSSR count). The highest BCUT2D eigenvalue weighted by atomic mass is 19.4. The van der Waals surface area contributed by atoms with Crippen molar-refractivity contribution in [3.63, 3.8) is 0 Å². The Morgan fingerprint density at radius 3 is 2.72 bits per heavy atom. The van der Waals surface area contributed by atoms with Crippen molar-refractivity contribution in [3.05, 3.63) is 30.0 Å². The molecule has 1 aromatic heterocycles. The number of H-pyrrole nitrogens is 1. The lowest BCUT2D eigenvalue weighted by Crippen LogP contribution is -2.16. The maximum absolute atomic E-state index is 12.0. The number of nitrogens with one attached hydrogen (secondary N) is 1. The van der Waals surface area contributed by atoms with Crippen LogP contribution in [0.3, 0.4) is 0 Å². The second-order valence-electron chi connectivity index (χ2n) is 3.64. The van der Waals surface area contributed by atoms with E-state index >= 15 is 0 Å². The number of rotatable bonds is 3. The number of aromatic amines is 1. The Kier molecular flexibility index (Phi) is 2.90. The van der Waals surface area contributed by atoms with Crippen LogP contribution in [0.25, 0.3) is 10.9 Å². The maximum Gasteiger partial charge on any atom is 0.573 e. The van der Waals surface area contributed by atoms with Crippen molar-refractivity contribution in [2.75, 3.05) is 0 Å². The molecule has 0 aliphatic heterocycles. The first-order valence-corrected chi connectivity index (χ1v) is 4.93. The van der Waals surface area contributed by atoms with E-state index < -0.39 is 12.3 Å². The smallest absolute Gasteiger partial charge is 0.481 e. The van der Waals surface area contributed by atoms with Crippen LogP contribution < -0.4 is 4.74 Å². The Morgan fingerprint density at radius 1 is 1.39 bits per heavy atom. The van der Waals surface area contributed by atoms with Crippen molar-refractivity contribution >= 4 is 16.9 Å². The van der Waals surface area contributed by atoms with Gasteiger partial charge in [-0.2, -0.15) is 0 Å². The molecular weight excluding hydrogens is 251 g/mol. The highest BCUT2D eigenvalue weighted by Gasteiger charge is 2.31. The first-order chi connectivity index (χ1) is 8.35. The molecule has 0 amide bonds. The monoisotopic (exact) mass is 259 g/mol. The summed E-state index contributed by atoms with van der Waals surface area (Å²) in [6.45, 7) is 0. The predicted molar refractivity (Wildman–Crippen MR) is 56.3 cm³/mol. The van der Waals surface area contributed by atoms with Crippen LogP contribution in [0.5, 0.6) is 5.75 Å². The van der Waals surface area contributed by atoms with Gasteiger partial charge in [0.2, 0.25) is 0 Å². The summed E-state index contributed by atoms with van der Waals surface area (Å²) in [5.74, 6) is -1.36. The molecule has 0 fully saturated rings. The molecule has 0 unspecified atom stereocenters. The summed E-state index contributed by atoms with van der Waals surface area (Å²) in [5.41, 5.74) is 0.907. The third kappa shape index (κ3) is 2.73. The van der Waals surface area contributed by atoms with Crippen LogP contribution in [0, 0.1) is 0 Å². The van der Waals surface area contributed by atoms with Crippen molar-refractivity contribution in [1.82, 2.24) is 4.98 Å². The van der Waals surface area contributed by atoms with E-state index in [1.165, 1.54) is 18.3 Å². The van der Waals surface area contributed by atoms with Gasteiger partial charge < -0.3 is 14.8 Å². The summed E-state index contributed by atoms with van der Waals surface area (Å²) in [6.07, 6.45) is -3.49. The summed E-state index contributed by atoms with van der Waals surface area (Å²) in [4.78, 5) is 13.3. The number of aromatic nitrogens is 1. The number of ether oxygens (including phenoxy) is 1. The lowest BCUT2D eigenvalue weighted by molar-refractivity contribution is -0.274. The molecule has 4 nitrogen and oxygen atoms in total. The van der Waals surface area contributed by atoms with E-state index in [9.17, 15) is 18.0 Å². The third-order valence-electron chi connectivity index (χ3n) is 2.31. The van der Waals surface area contributed by atoms with E-state index in [1.807, 2.05) is 0 Å². The summed E-state index contributed by atoms with van der Waals surface area (Å²) in [7, 11) is 0. The number of hydrogen-bond donors (Lipinski definition) is 2. The van der Waals surface area contributed by atoms with Gasteiger partial charge >= 0.3 is 12.3 Å². The maximum atomic E-state index is 12.0. The van der Waals surface area contributed by atoms with Crippen LogP contribution in [0.15, 0.2) is 24.4 Å². The van der Waals surface area contributed by atoms with Gasteiger partial charge in [0.1, 0.15) is 5.75 Å². The summed E-state index contributed by atoms with van der Waals surface area (Å²) < 4.78 is 39.8. The average Bonchev–Trinajstić information content (AvgIpc) is 2.57. The van der Waals surface area contributed by atoms with Gasteiger partial charge in [0.05, 0.1) is 6.42 Å². The van der Waals surface area contributed by atoms with Gasteiger partial charge in [-0.3, -0.25) is 4.79 Å². The van der Waals surface area contributed by atoms with E-state index in [1.54, 1.807) is 0 Å². The molecule has 0 atom stereocenters. The lowest BCUT2D eigenvalue weighted by Gasteiger charge is -2.08. The SMILES string of the molecule is O=C(O)Cc1c[nH]c2cc(OC(F)(F)F)ccc12. The van der Waals surface area contributed by atoms with Crippen molar-refractivity contribution in [3.8, 4) is 5.75 Å². The lowest BCUT2D eigenvalue weighted by atomic mass is 10.1. The predicted octanol–water partition coefficient (Wildman–Crippen LogP) is 2.69. The second kappa shape index (κ2) is 4.25. The van der Waals surface area contributed by atoms with Gasteiger partial charge in [0, 0.05) is 23.2 Å². The van der Waals surface area contributed by atoms with Crippen molar-refractivity contribution < 1.29 is 27.8 Å². The Hall–Kier alpha value is -2.18. The topological polar surface area (TPSA) is 62.3 Å². The first kappa shape index (κ1) is 12.3. The van der Waals surface area contributed by atoms with Gasteiger partial charge in [0.15, 0.2) is 0 Å². The number of alkyl halides is 3. The highest BCUT2D eigenvalue weighted by molar-refractivity contribution is 5.87. The normalized spacial score (nSPS) is 11.7. The summed E-state index contributed by atoms with van der Waals surface area (Å²) in [6, 6.07) is 3.72. The first-order valence-electron chi connectivity index (χ1n) is 4.93. The van der Waals surface area contributed by atoms with Crippen LogP contribution in [-0.4, -0.2) is 22.4 Å². The minimum Gasteiger partial charge on any atom is -0.481 e. The molecule has 0 saturated heterocycles. The van der Waals surface area contributed by atoms with Gasteiger partial charge in [-0.15, -0.1) is 13.2 Å². The van der Waals surface area contributed by atoms with Crippen molar-refractivity contribution in [2.24, 2.45) is 0 Å². The number of fused-ring (bicyclic) bond motifs is 1. The highest BCUT2D eigenvalue weighted by Crippen LogP contribution is 2.27. The minimum absolute atomic E-state index is 0.195. The Balaban J connectivity index is 2.33. The van der Waals surface area contributed by atoms with Crippen LogP contribution in [0.2, 0.25) is 0 Å². The second-order valence-corrected chi connectivity index (χ2v) is 3.64. The molecule has 0 spiro atoms. The fourth-order valence-corrected chi connectivity index (χ4v) is 1.67. The molecule has 1 aromatic carbocycles. The molecular formula is C11H8F3NO3. The van der Waals surface area contributed by atoms with Gasteiger partial charge in [-0.1, -0.05) is 0 Å². The van der Waals surface area contributed by atoms with E-state index in [0.29, 0.717) is 16.5 Å². The number of carboxylic acids is 1. The molecule has 96 valence electrons. The molecule has 7 heteroatoms. The number of benzene rings is 1. The Labute approximate surface area is 99.0 Å². The van der Waals surface area contributed by atoms with E-state index in [2.05, 4.69) is 9.72 Å². The molecule has 0 aliphatic carbocycles. The van der Waals surface area contributed by atoms with Crippen molar-refractivity contribution in [2.45, 2.75) is 12.8 Å². The number of carboxylic acid groups (broad SMARTS) is 1.